The summed E-state index contributed by atoms with van der Waals surface area (Å²) in [4.78, 5) is 20.4. The minimum atomic E-state index is 0. The first kappa shape index (κ1) is 24.5. The summed E-state index contributed by atoms with van der Waals surface area (Å²) in [6, 6.07) is 8.46. The molecule has 1 amide bonds. The van der Waals surface area contributed by atoms with Gasteiger partial charge in [0.25, 0.3) is 0 Å². The van der Waals surface area contributed by atoms with Crippen LogP contribution in [0, 0.1) is 0 Å². The van der Waals surface area contributed by atoms with Gasteiger partial charge in [-0.25, -0.2) is 0 Å². The maximum atomic E-state index is 11.8. The lowest BCUT2D eigenvalue weighted by atomic mass is 10.1. The lowest BCUT2D eigenvalue weighted by Gasteiger charge is -2.22. The molecule has 156 valence electrons. The molecular weight excluding hydrogens is 463 g/mol. The van der Waals surface area contributed by atoms with Gasteiger partial charge in [-0.1, -0.05) is 36.8 Å². The van der Waals surface area contributed by atoms with Crippen molar-refractivity contribution in [3.8, 4) is 0 Å². The molecule has 2 rings (SSSR count). The third-order valence-corrected chi connectivity index (χ3v) is 4.96. The standard InChI is InChI=1S/C22H34N4O.HI/c1-4-5-6-7-8-14-25(3)22(23-2)24-17-19-11-9-12-20(16-19)18-26-15-10-13-21(26)27;/h4,9,11-12,16H,1,5-8,10,13-15,17-18H2,2-3H3,(H,23,24);1H. The van der Waals surface area contributed by atoms with Crippen LogP contribution in [-0.2, 0) is 17.9 Å². The average Bonchev–Trinajstić information content (AvgIpc) is 3.07. The van der Waals surface area contributed by atoms with Crippen molar-refractivity contribution in [2.45, 2.75) is 51.6 Å². The van der Waals surface area contributed by atoms with Crippen molar-refractivity contribution in [1.29, 1.82) is 0 Å². The second-order valence-electron chi connectivity index (χ2n) is 7.20. The van der Waals surface area contributed by atoms with Gasteiger partial charge in [0.2, 0.25) is 5.91 Å². The molecule has 6 heteroatoms. The predicted molar refractivity (Wildman–Crippen MR) is 128 cm³/mol. The number of guanidine groups is 1. The fraction of sp³-hybridized carbons (Fsp3) is 0.545. The van der Waals surface area contributed by atoms with Gasteiger partial charge >= 0.3 is 0 Å². The van der Waals surface area contributed by atoms with E-state index in [1.807, 2.05) is 18.0 Å². The number of nitrogens with zero attached hydrogens (tertiary/aromatic N) is 3. The van der Waals surface area contributed by atoms with Gasteiger partial charge in [0.05, 0.1) is 0 Å². The highest BCUT2D eigenvalue weighted by molar-refractivity contribution is 14.0. The van der Waals surface area contributed by atoms with E-state index < -0.39 is 0 Å². The molecule has 1 N–H and O–H groups in total. The molecule has 0 unspecified atom stereocenters. The predicted octanol–water partition coefficient (Wildman–Crippen LogP) is 4.18. The fourth-order valence-electron chi connectivity index (χ4n) is 3.42. The third kappa shape index (κ3) is 8.20. The lowest BCUT2D eigenvalue weighted by molar-refractivity contribution is -0.128. The van der Waals surface area contributed by atoms with Crippen LogP contribution in [0.5, 0.6) is 0 Å². The summed E-state index contributed by atoms with van der Waals surface area (Å²) in [6.07, 6.45) is 8.33. The van der Waals surface area contributed by atoms with Crippen molar-refractivity contribution in [3.63, 3.8) is 0 Å². The zero-order chi connectivity index (χ0) is 19.5. The van der Waals surface area contributed by atoms with Crippen molar-refractivity contribution in [1.82, 2.24) is 15.1 Å². The van der Waals surface area contributed by atoms with Crippen LogP contribution in [0.1, 0.15) is 49.7 Å². The van der Waals surface area contributed by atoms with E-state index in [9.17, 15) is 4.79 Å². The van der Waals surface area contributed by atoms with Crippen molar-refractivity contribution >= 4 is 35.8 Å². The van der Waals surface area contributed by atoms with E-state index in [1.54, 1.807) is 0 Å². The van der Waals surface area contributed by atoms with Gasteiger partial charge in [0.15, 0.2) is 5.96 Å². The van der Waals surface area contributed by atoms with Gasteiger partial charge in [0.1, 0.15) is 0 Å². The molecule has 1 aromatic rings. The number of rotatable bonds is 10. The van der Waals surface area contributed by atoms with E-state index >= 15 is 0 Å². The Morgan fingerprint density at radius 2 is 2.11 bits per heavy atom. The Labute approximate surface area is 187 Å². The van der Waals surface area contributed by atoms with Crippen LogP contribution in [-0.4, -0.2) is 48.9 Å². The number of hydrogen-bond acceptors (Lipinski definition) is 2. The molecule has 1 heterocycles. The fourth-order valence-corrected chi connectivity index (χ4v) is 3.42. The molecule has 0 aromatic heterocycles. The van der Waals surface area contributed by atoms with E-state index in [0.29, 0.717) is 13.0 Å². The maximum Gasteiger partial charge on any atom is 0.222 e. The largest absolute Gasteiger partial charge is 0.352 e. The van der Waals surface area contributed by atoms with Gasteiger partial charge in [-0.2, -0.15) is 0 Å². The number of benzene rings is 1. The number of likely N-dealkylation sites (tertiary alicyclic amines) is 1. The number of aliphatic imine (C=N–C) groups is 1. The van der Waals surface area contributed by atoms with Crippen LogP contribution >= 0.6 is 24.0 Å². The minimum absolute atomic E-state index is 0. The van der Waals surface area contributed by atoms with E-state index in [1.165, 1.54) is 24.0 Å². The van der Waals surface area contributed by atoms with Crippen LogP contribution in [0.2, 0.25) is 0 Å². The zero-order valence-corrected chi connectivity index (χ0v) is 19.7. The van der Waals surface area contributed by atoms with Crippen LogP contribution in [0.4, 0.5) is 0 Å². The first-order chi connectivity index (χ1) is 13.1. The van der Waals surface area contributed by atoms with E-state index in [2.05, 4.69) is 53.1 Å². The summed E-state index contributed by atoms with van der Waals surface area (Å²) in [6.45, 7) is 7.09. The number of unbranched alkanes of at least 4 members (excludes halogenated alkanes) is 3. The summed E-state index contributed by atoms with van der Waals surface area (Å²) >= 11 is 0. The van der Waals surface area contributed by atoms with Crippen molar-refractivity contribution in [2.75, 3.05) is 27.2 Å². The minimum Gasteiger partial charge on any atom is -0.352 e. The van der Waals surface area contributed by atoms with Gasteiger partial charge in [-0.05, 0) is 36.8 Å². The normalized spacial score (nSPS) is 14.0. The molecule has 0 radical (unpaired) electrons. The third-order valence-electron chi connectivity index (χ3n) is 4.96. The molecular formula is C22H35IN4O. The summed E-state index contributed by atoms with van der Waals surface area (Å²) in [5.41, 5.74) is 2.40. The van der Waals surface area contributed by atoms with Crippen molar-refractivity contribution < 1.29 is 4.79 Å². The average molecular weight is 498 g/mol. The number of allylic oxidation sites excluding steroid dienone is 1. The summed E-state index contributed by atoms with van der Waals surface area (Å²) in [5.74, 6) is 1.19. The molecule has 0 bridgehead atoms. The second-order valence-corrected chi connectivity index (χ2v) is 7.20. The van der Waals surface area contributed by atoms with E-state index in [-0.39, 0.29) is 29.9 Å². The molecule has 28 heavy (non-hydrogen) atoms. The Balaban J connectivity index is 0.00000392. The number of amides is 1. The highest BCUT2D eigenvalue weighted by atomic mass is 127. The smallest absolute Gasteiger partial charge is 0.222 e. The monoisotopic (exact) mass is 498 g/mol. The molecule has 5 nitrogen and oxygen atoms in total. The Morgan fingerprint density at radius 3 is 2.79 bits per heavy atom. The highest BCUT2D eigenvalue weighted by Gasteiger charge is 2.19. The molecule has 1 aliphatic rings. The molecule has 1 fully saturated rings. The lowest BCUT2D eigenvalue weighted by Crippen LogP contribution is -2.39. The number of carbonyl (C=O) groups is 1. The Morgan fingerprint density at radius 1 is 1.32 bits per heavy atom. The molecule has 0 aliphatic carbocycles. The van der Waals surface area contributed by atoms with E-state index in [4.69, 9.17) is 0 Å². The van der Waals surface area contributed by atoms with Crippen molar-refractivity contribution in [2.24, 2.45) is 4.99 Å². The van der Waals surface area contributed by atoms with Gasteiger partial charge in [0, 0.05) is 46.7 Å². The Kier molecular flexibility index (Phi) is 11.9. The molecule has 1 aliphatic heterocycles. The topological polar surface area (TPSA) is 47.9 Å². The van der Waals surface area contributed by atoms with Crippen LogP contribution in [0.25, 0.3) is 0 Å². The highest BCUT2D eigenvalue weighted by Crippen LogP contribution is 2.15. The summed E-state index contributed by atoms with van der Waals surface area (Å²) < 4.78 is 0. The molecule has 1 saturated heterocycles. The Bertz CT molecular complexity index is 647. The molecule has 1 aromatic carbocycles. The maximum absolute atomic E-state index is 11.8. The van der Waals surface area contributed by atoms with Gasteiger partial charge < -0.3 is 15.1 Å². The number of nitrogens with one attached hydrogen (secondary N) is 1. The van der Waals surface area contributed by atoms with E-state index in [0.717, 1.165) is 44.9 Å². The first-order valence-electron chi connectivity index (χ1n) is 10.0. The quantitative estimate of drug-likeness (QED) is 0.173. The molecule has 0 atom stereocenters. The van der Waals surface area contributed by atoms with Gasteiger partial charge in [-0.3, -0.25) is 9.79 Å². The SMILES string of the molecule is C=CCCCCCN(C)C(=NC)NCc1cccc(CN2CCCC2=O)c1.I. The second kappa shape index (κ2) is 13.6. The summed E-state index contributed by atoms with van der Waals surface area (Å²) in [5, 5.41) is 3.45. The van der Waals surface area contributed by atoms with Crippen LogP contribution in [0.3, 0.4) is 0 Å². The van der Waals surface area contributed by atoms with Gasteiger partial charge in [-0.15, -0.1) is 30.6 Å². The first-order valence-corrected chi connectivity index (χ1v) is 10.0. The van der Waals surface area contributed by atoms with Crippen LogP contribution in [0.15, 0.2) is 41.9 Å². The number of carbonyl (C=O) groups excluding carboxylic acids is 1. The zero-order valence-electron chi connectivity index (χ0n) is 17.3. The Hall–Kier alpha value is -1.57. The number of halogens is 1. The summed E-state index contributed by atoms with van der Waals surface area (Å²) in [7, 11) is 3.91. The number of hydrogen-bond donors (Lipinski definition) is 1. The molecule has 0 spiro atoms. The van der Waals surface area contributed by atoms with Crippen molar-refractivity contribution in [3.05, 3.63) is 48.0 Å². The molecule has 0 saturated carbocycles. The van der Waals surface area contributed by atoms with Crippen LogP contribution < -0.4 is 5.32 Å².